The summed E-state index contributed by atoms with van der Waals surface area (Å²) < 4.78 is 1.12. The molecule has 2 heteroatoms. The fourth-order valence-electron chi connectivity index (χ4n) is 2.32. The second-order valence-corrected chi connectivity index (χ2v) is 5.51. The molecule has 3 rings (SSSR count). The van der Waals surface area contributed by atoms with E-state index < -0.39 is 0 Å². The van der Waals surface area contributed by atoms with Crippen LogP contribution in [-0.2, 0) is 0 Å². The van der Waals surface area contributed by atoms with Gasteiger partial charge in [0, 0.05) is 26.6 Å². The number of hydrogen-bond acceptors (Lipinski definition) is 0. The Morgan fingerprint density at radius 2 is 1.67 bits per heavy atom. The quantitative estimate of drug-likeness (QED) is 0.634. The molecule has 1 N–H and O–H groups in total. The molecular formula is C16H14BrN. The van der Waals surface area contributed by atoms with Crippen molar-refractivity contribution < 1.29 is 0 Å². The highest BCUT2D eigenvalue weighted by Crippen LogP contribution is 2.32. The first-order chi connectivity index (χ1) is 8.66. The summed E-state index contributed by atoms with van der Waals surface area (Å²) in [7, 11) is 0. The monoisotopic (exact) mass is 299 g/mol. The van der Waals surface area contributed by atoms with Gasteiger partial charge in [0.1, 0.15) is 0 Å². The minimum atomic E-state index is 1.12. The summed E-state index contributed by atoms with van der Waals surface area (Å²) >= 11 is 3.61. The molecule has 1 nitrogen and oxygen atoms in total. The van der Waals surface area contributed by atoms with Crippen LogP contribution in [0.5, 0.6) is 0 Å². The van der Waals surface area contributed by atoms with Gasteiger partial charge in [0.25, 0.3) is 0 Å². The van der Waals surface area contributed by atoms with Crippen molar-refractivity contribution in [3.8, 4) is 11.3 Å². The Bertz CT molecular complexity index is 686. The third-order valence-electron chi connectivity index (χ3n) is 3.38. The molecule has 1 aromatic heterocycles. The number of aromatic amines is 1. The minimum absolute atomic E-state index is 1.12. The normalized spacial score (nSPS) is 11.1. The van der Waals surface area contributed by atoms with Gasteiger partial charge in [-0.05, 0) is 37.1 Å². The molecule has 0 aliphatic carbocycles. The molecule has 0 atom stereocenters. The van der Waals surface area contributed by atoms with Crippen LogP contribution in [-0.4, -0.2) is 4.98 Å². The third kappa shape index (κ3) is 1.77. The van der Waals surface area contributed by atoms with E-state index in [1.54, 1.807) is 0 Å². The zero-order chi connectivity index (χ0) is 12.7. The van der Waals surface area contributed by atoms with Gasteiger partial charge in [0.2, 0.25) is 0 Å². The number of rotatable bonds is 1. The van der Waals surface area contributed by atoms with E-state index in [1.807, 2.05) is 6.07 Å². The van der Waals surface area contributed by atoms with Gasteiger partial charge in [0.05, 0.1) is 0 Å². The Morgan fingerprint density at radius 3 is 2.39 bits per heavy atom. The van der Waals surface area contributed by atoms with Gasteiger partial charge in [-0.3, -0.25) is 0 Å². The molecule has 18 heavy (non-hydrogen) atoms. The van der Waals surface area contributed by atoms with Crippen LogP contribution < -0.4 is 0 Å². The Kier molecular flexibility index (Phi) is 2.75. The summed E-state index contributed by atoms with van der Waals surface area (Å²) in [6.07, 6.45) is 0. The van der Waals surface area contributed by atoms with Crippen molar-refractivity contribution in [3.63, 3.8) is 0 Å². The van der Waals surface area contributed by atoms with Gasteiger partial charge in [-0.2, -0.15) is 0 Å². The molecule has 0 aliphatic rings. The van der Waals surface area contributed by atoms with Crippen LogP contribution in [0, 0.1) is 13.8 Å². The van der Waals surface area contributed by atoms with Crippen molar-refractivity contribution in [2.45, 2.75) is 13.8 Å². The highest BCUT2D eigenvalue weighted by Gasteiger charge is 2.09. The molecule has 0 spiro atoms. The lowest BCUT2D eigenvalue weighted by molar-refractivity contribution is 1.39. The first-order valence-electron chi connectivity index (χ1n) is 6.00. The van der Waals surface area contributed by atoms with Gasteiger partial charge >= 0.3 is 0 Å². The van der Waals surface area contributed by atoms with Crippen LogP contribution in [0.1, 0.15) is 11.1 Å². The Labute approximate surface area is 115 Å². The van der Waals surface area contributed by atoms with E-state index in [0.717, 1.165) is 10.2 Å². The largest absolute Gasteiger partial charge is 0.354 e. The second kappa shape index (κ2) is 4.29. The molecule has 0 fully saturated rings. The van der Waals surface area contributed by atoms with Crippen LogP contribution in [0.2, 0.25) is 0 Å². The summed E-state index contributed by atoms with van der Waals surface area (Å²) in [5.41, 5.74) is 6.20. The van der Waals surface area contributed by atoms with Crippen molar-refractivity contribution >= 4 is 26.8 Å². The molecule has 90 valence electrons. The number of aromatic nitrogens is 1. The van der Waals surface area contributed by atoms with Crippen molar-refractivity contribution in [2.24, 2.45) is 0 Å². The molecule has 0 amide bonds. The first kappa shape index (κ1) is 11.5. The average molecular weight is 300 g/mol. The number of nitrogens with one attached hydrogen (secondary N) is 1. The second-order valence-electron chi connectivity index (χ2n) is 4.65. The topological polar surface area (TPSA) is 15.8 Å². The fraction of sp³-hybridized carbons (Fsp3) is 0.125. The van der Waals surface area contributed by atoms with E-state index in [2.05, 4.69) is 71.2 Å². The zero-order valence-electron chi connectivity index (χ0n) is 10.4. The molecule has 0 saturated heterocycles. The lowest BCUT2D eigenvalue weighted by Gasteiger charge is -2.00. The molecule has 3 aromatic rings. The Balaban J connectivity index is 2.29. The summed E-state index contributed by atoms with van der Waals surface area (Å²) in [5, 5.41) is 1.31. The maximum atomic E-state index is 3.61. The maximum absolute atomic E-state index is 3.61. The average Bonchev–Trinajstić information content (AvgIpc) is 2.80. The van der Waals surface area contributed by atoms with Crippen LogP contribution >= 0.6 is 15.9 Å². The number of hydrogen-bond donors (Lipinski definition) is 1. The Morgan fingerprint density at radius 1 is 0.944 bits per heavy atom. The Hall–Kier alpha value is -1.54. The van der Waals surface area contributed by atoms with Crippen LogP contribution in [0.4, 0.5) is 0 Å². The van der Waals surface area contributed by atoms with E-state index in [1.165, 1.54) is 27.6 Å². The first-order valence-corrected chi connectivity index (χ1v) is 6.80. The molecule has 0 unspecified atom stereocenters. The summed E-state index contributed by atoms with van der Waals surface area (Å²) in [5.74, 6) is 0. The van der Waals surface area contributed by atoms with Crippen LogP contribution in [0.25, 0.3) is 22.2 Å². The predicted octanol–water partition coefficient (Wildman–Crippen LogP) is 5.21. The van der Waals surface area contributed by atoms with Gasteiger partial charge in [-0.15, -0.1) is 0 Å². The van der Waals surface area contributed by atoms with Crippen LogP contribution in [0.3, 0.4) is 0 Å². The van der Waals surface area contributed by atoms with Gasteiger partial charge < -0.3 is 4.98 Å². The fourth-order valence-corrected chi connectivity index (χ4v) is 2.82. The zero-order valence-corrected chi connectivity index (χ0v) is 12.0. The van der Waals surface area contributed by atoms with Crippen molar-refractivity contribution in [3.05, 3.63) is 58.1 Å². The number of fused-ring (bicyclic) bond motifs is 1. The minimum Gasteiger partial charge on any atom is -0.354 e. The lowest BCUT2D eigenvalue weighted by Crippen LogP contribution is -1.80. The number of H-pyrrole nitrogens is 1. The van der Waals surface area contributed by atoms with E-state index in [-0.39, 0.29) is 0 Å². The molecule has 0 saturated carbocycles. The number of aryl methyl sites for hydroxylation is 2. The highest BCUT2D eigenvalue weighted by molar-refractivity contribution is 9.10. The molecule has 0 aliphatic heterocycles. The van der Waals surface area contributed by atoms with Gasteiger partial charge in [0.15, 0.2) is 0 Å². The molecular weight excluding hydrogens is 286 g/mol. The van der Waals surface area contributed by atoms with Crippen molar-refractivity contribution in [2.75, 3.05) is 0 Å². The van der Waals surface area contributed by atoms with Gasteiger partial charge in [-0.1, -0.05) is 46.3 Å². The SMILES string of the molecule is Cc1ccc(C)c2[nH]c(-c3ccccc3Br)cc12. The molecule has 1 heterocycles. The van der Waals surface area contributed by atoms with Crippen molar-refractivity contribution in [1.82, 2.24) is 4.98 Å². The third-order valence-corrected chi connectivity index (χ3v) is 4.08. The molecule has 0 bridgehead atoms. The van der Waals surface area contributed by atoms with Crippen molar-refractivity contribution in [1.29, 1.82) is 0 Å². The maximum Gasteiger partial charge on any atom is 0.0491 e. The van der Waals surface area contributed by atoms with E-state index in [0.29, 0.717) is 0 Å². The standard InChI is InChI=1S/C16H14BrN/c1-10-7-8-11(2)16-13(10)9-15(18-16)12-5-3-4-6-14(12)17/h3-9,18H,1-2H3. The van der Waals surface area contributed by atoms with Crippen LogP contribution in [0.15, 0.2) is 46.9 Å². The highest BCUT2D eigenvalue weighted by atomic mass is 79.9. The summed E-state index contributed by atoms with van der Waals surface area (Å²) in [6.45, 7) is 4.29. The molecule has 2 aromatic carbocycles. The summed E-state index contributed by atoms with van der Waals surface area (Å²) in [6, 6.07) is 14.9. The van der Waals surface area contributed by atoms with Gasteiger partial charge in [-0.25, -0.2) is 0 Å². The van der Waals surface area contributed by atoms with E-state index in [9.17, 15) is 0 Å². The number of halogens is 1. The van der Waals surface area contributed by atoms with E-state index >= 15 is 0 Å². The smallest absolute Gasteiger partial charge is 0.0491 e. The molecule has 0 radical (unpaired) electrons. The predicted molar refractivity (Wildman–Crippen MR) is 80.9 cm³/mol. The van der Waals surface area contributed by atoms with E-state index in [4.69, 9.17) is 0 Å². The lowest BCUT2D eigenvalue weighted by atomic mass is 10.1. The summed E-state index contributed by atoms with van der Waals surface area (Å²) in [4.78, 5) is 3.53. The number of benzene rings is 2.